The Morgan fingerprint density at radius 2 is 1.95 bits per heavy atom. The largest absolute Gasteiger partial charge is 0.382 e. The number of anilines is 2. The van der Waals surface area contributed by atoms with E-state index in [2.05, 4.69) is 15.3 Å². The van der Waals surface area contributed by atoms with Crippen LogP contribution in [-0.4, -0.2) is 49.2 Å². The van der Waals surface area contributed by atoms with E-state index in [1.165, 1.54) is 0 Å². The molecule has 4 heterocycles. The van der Waals surface area contributed by atoms with Crippen molar-refractivity contribution >= 4 is 29.0 Å². The third-order valence-corrected chi connectivity index (χ3v) is 7.07. The molecule has 0 bridgehead atoms. The van der Waals surface area contributed by atoms with Crippen molar-refractivity contribution < 1.29 is 9.59 Å². The minimum Gasteiger partial charge on any atom is -0.382 e. The van der Waals surface area contributed by atoms with Crippen molar-refractivity contribution in [1.82, 2.24) is 24.3 Å². The standard InChI is InChI=1S/C28H31N7O2/c1-3-18(2)28(37)34-15-6-7-21(17-34)26-33-23(24-25(29)31-14-16-35(24)26)19-9-11-20(12-10-19)27(36)32-22-8-4-5-13-30-22/h4-5,8-14,16,18,21H,3,6-7,15,17H2,1-2H3,(H2,29,31)(H,30,32,36)/t18-,21+/m0/s1. The highest BCUT2D eigenvalue weighted by Crippen LogP contribution is 2.34. The minimum atomic E-state index is -0.241. The van der Waals surface area contributed by atoms with Gasteiger partial charge in [0, 0.05) is 54.6 Å². The number of piperidine rings is 1. The molecule has 37 heavy (non-hydrogen) atoms. The van der Waals surface area contributed by atoms with Crippen molar-refractivity contribution in [2.45, 2.75) is 39.0 Å². The fourth-order valence-corrected chi connectivity index (χ4v) is 4.86. The van der Waals surface area contributed by atoms with Crippen molar-refractivity contribution in [3.05, 3.63) is 72.4 Å². The molecular formula is C28H31N7O2. The van der Waals surface area contributed by atoms with E-state index in [1.54, 1.807) is 36.7 Å². The molecule has 0 spiro atoms. The summed E-state index contributed by atoms with van der Waals surface area (Å²) in [6, 6.07) is 12.6. The zero-order valence-corrected chi connectivity index (χ0v) is 21.1. The number of hydrogen-bond donors (Lipinski definition) is 2. The Kier molecular flexibility index (Phi) is 6.85. The number of imidazole rings is 1. The highest BCUT2D eigenvalue weighted by molar-refractivity contribution is 6.04. The van der Waals surface area contributed by atoms with Crippen LogP contribution in [0.2, 0.25) is 0 Å². The Bertz CT molecular complexity index is 1420. The van der Waals surface area contributed by atoms with Crippen molar-refractivity contribution in [3.63, 3.8) is 0 Å². The molecule has 2 atom stereocenters. The maximum absolute atomic E-state index is 12.9. The van der Waals surface area contributed by atoms with Gasteiger partial charge in [-0.05, 0) is 43.5 Å². The van der Waals surface area contributed by atoms with E-state index in [-0.39, 0.29) is 23.7 Å². The summed E-state index contributed by atoms with van der Waals surface area (Å²) in [7, 11) is 0. The molecule has 4 aromatic rings. The third-order valence-electron chi connectivity index (χ3n) is 7.07. The average molecular weight is 498 g/mol. The second-order valence-corrected chi connectivity index (χ2v) is 9.53. The Labute approximate surface area is 215 Å². The number of amides is 2. The third kappa shape index (κ3) is 4.89. The molecular weight excluding hydrogens is 466 g/mol. The van der Waals surface area contributed by atoms with Crippen LogP contribution in [0.25, 0.3) is 16.8 Å². The maximum atomic E-state index is 12.9. The molecule has 3 N–H and O–H groups in total. The summed E-state index contributed by atoms with van der Waals surface area (Å²) in [6.45, 7) is 5.45. The van der Waals surface area contributed by atoms with Crippen molar-refractivity contribution in [3.8, 4) is 11.3 Å². The number of pyridine rings is 1. The molecule has 0 aliphatic carbocycles. The summed E-state index contributed by atoms with van der Waals surface area (Å²) in [6.07, 6.45) is 7.88. The monoisotopic (exact) mass is 497 g/mol. The van der Waals surface area contributed by atoms with E-state index in [1.807, 2.05) is 47.5 Å². The molecule has 1 saturated heterocycles. The molecule has 1 aliphatic rings. The Hall–Kier alpha value is -4.27. The summed E-state index contributed by atoms with van der Waals surface area (Å²) < 4.78 is 2.00. The van der Waals surface area contributed by atoms with E-state index in [9.17, 15) is 9.59 Å². The van der Waals surface area contributed by atoms with Gasteiger partial charge in [0.1, 0.15) is 28.7 Å². The van der Waals surface area contributed by atoms with Gasteiger partial charge in [0.05, 0.1) is 0 Å². The van der Waals surface area contributed by atoms with Crippen LogP contribution in [-0.2, 0) is 4.79 Å². The lowest BCUT2D eigenvalue weighted by atomic mass is 9.95. The molecule has 1 aliphatic heterocycles. The van der Waals surface area contributed by atoms with E-state index >= 15 is 0 Å². The highest BCUT2D eigenvalue weighted by Gasteiger charge is 2.30. The van der Waals surface area contributed by atoms with Gasteiger partial charge in [0.15, 0.2) is 0 Å². The second-order valence-electron chi connectivity index (χ2n) is 9.53. The lowest BCUT2D eigenvalue weighted by Crippen LogP contribution is -2.42. The number of likely N-dealkylation sites (tertiary alicyclic amines) is 1. The van der Waals surface area contributed by atoms with Gasteiger partial charge in [-0.15, -0.1) is 0 Å². The number of fused-ring (bicyclic) bond motifs is 1. The Morgan fingerprint density at radius 1 is 1.14 bits per heavy atom. The van der Waals surface area contributed by atoms with E-state index in [4.69, 9.17) is 10.7 Å². The van der Waals surface area contributed by atoms with Crippen LogP contribution in [0.15, 0.2) is 61.1 Å². The summed E-state index contributed by atoms with van der Waals surface area (Å²) in [5.74, 6) is 1.82. The molecule has 0 unspecified atom stereocenters. The molecule has 0 radical (unpaired) electrons. The van der Waals surface area contributed by atoms with Crippen LogP contribution in [0.1, 0.15) is 55.2 Å². The number of carbonyl (C=O) groups is 2. The molecule has 1 aromatic carbocycles. The molecule has 2 amide bonds. The smallest absolute Gasteiger partial charge is 0.256 e. The van der Waals surface area contributed by atoms with Gasteiger partial charge >= 0.3 is 0 Å². The number of nitrogen functional groups attached to an aromatic ring is 1. The number of hydrogen-bond acceptors (Lipinski definition) is 6. The lowest BCUT2D eigenvalue weighted by molar-refractivity contribution is -0.136. The topological polar surface area (TPSA) is 119 Å². The van der Waals surface area contributed by atoms with Crippen molar-refractivity contribution in [1.29, 1.82) is 0 Å². The van der Waals surface area contributed by atoms with E-state index < -0.39 is 0 Å². The van der Waals surface area contributed by atoms with Crippen molar-refractivity contribution in [2.75, 3.05) is 24.1 Å². The number of carbonyl (C=O) groups excluding carboxylic acids is 2. The average Bonchev–Trinajstić information content (AvgIpc) is 3.34. The first kappa shape index (κ1) is 24.4. The number of benzene rings is 1. The zero-order valence-electron chi connectivity index (χ0n) is 21.1. The highest BCUT2D eigenvalue weighted by atomic mass is 16.2. The molecule has 3 aromatic heterocycles. The Balaban J connectivity index is 1.45. The van der Waals surface area contributed by atoms with Crippen LogP contribution in [0, 0.1) is 5.92 Å². The van der Waals surface area contributed by atoms with E-state index in [0.717, 1.165) is 42.7 Å². The van der Waals surface area contributed by atoms with Gasteiger partial charge in [-0.1, -0.05) is 32.0 Å². The van der Waals surface area contributed by atoms with Crippen molar-refractivity contribution in [2.24, 2.45) is 5.92 Å². The lowest BCUT2D eigenvalue weighted by Gasteiger charge is -2.33. The maximum Gasteiger partial charge on any atom is 0.256 e. The summed E-state index contributed by atoms with van der Waals surface area (Å²) in [5, 5.41) is 2.80. The van der Waals surface area contributed by atoms with Gasteiger partial charge < -0.3 is 16.0 Å². The van der Waals surface area contributed by atoms with Gasteiger partial charge in [-0.2, -0.15) is 0 Å². The van der Waals surface area contributed by atoms with Crippen LogP contribution >= 0.6 is 0 Å². The van der Waals surface area contributed by atoms with Gasteiger partial charge in [-0.25, -0.2) is 15.0 Å². The number of nitrogens with two attached hydrogens (primary N) is 1. The Morgan fingerprint density at radius 3 is 2.68 bits per heavy atom. The van der Waals surface area contributed by atoms with Crippen LogP contribution in [0.4, 0.5) is 11.6 Å². The summed E-state index contributed by atoms with van der Waals surface area (Å²) >= 11 is 0. The molecule has 0 saturated carbocycles. The molecule has 9 nitrogen and oxygen atoms in total. The van der Waals surface area contributed by atoms with Gasteiger partial charge in [0.2, 0.25) is 5.91 Å². The summed E-state index contributed by atoms with van der Waals surface area (Å²) in [4.78, 5) is 41.0. The number of aromatic nitrogens is 4. The van der Waals surface area contributed by atoms with Gasteiger partial charge in [0.25, 0.3) is 5.91 Å². The minimum absolute atomic E-state index is 0.0135. The number of nitrogens with zero attached hydrogens (tertiary/aromatic N) is 5. The normalized spacial score (nSPS) is 16.5. The fraction of sp³-hybridized carbons (Fsp3) is 0.321. The predicted octanol–water partition coefficient (Wildman–Crippen LogP) is 4.38. The predicted molar refractivity (Wildman–Crippen MR) is 143 cm³/mol. The molecule has 1 fully saturated rings. The first-order chi connectivity index (χ1) is 18.0. The first-order valence-corrected chi connectivity index (χ1v) is 12.7. The zero-order chi connectivity index (χ0) is 25.9. The van der Waals surface area contributed by atoms with Gasteiger partial charge in [-0.3, -0.25) is 14.0 Å². The second kappa shape index (κ2) is 10.4. The first-order valence-electron chi connectivity index (χ1n) is 12.7. The molecule has 190 valence electrons. The quantitative estimate of drug-likeness (QED) is 0.408. The van der Waals surface area contributed by atoms with E-state index in [0.29, 0.717) is 29.4 Å². The number of nitrogens with one attached hydrogen (secondary N) is 1. The van der Waals surface area contributed by atoms with Crippen LogP contribution in [0.3, 0.4) is 0 Å². The molecule has 5 rings (SSSR count). The SMILES string of the molecule is CC[C@H](C)C(=O)N1CCC[C@@H](c2nc(-c3ccc(C(=O)Nc4ccccn4)cc3)c3c(N)nccn23)C1. The summed E-state index contributed by atoms with van der Waals surface area (Å²) in [5.41, 5.74) is 9.11. The van der Waals surface area contributed by atoms with Crippen LogP contribution in [0.5, 0.6) is 0 Å². The number of rotatable bonds is 6. The fourth-order valence-electron chi connectivity index (χ4n) is 4.86. The van der Waals surface area contributed by atoms with Crippen LogP contribution < -0.4 is 11.1 Å². The molecule has 9 heteroatoms.